The molecular weight excluding hydrogens is 497 g/mol. The lowest BCUT2D eigenvalue weighted by atomic mass is 9.75. The van der Waals surface area contributed by atoms with Gasteiger partial charge in [-0.3, -0.25) is 4.55 Å². The number of thioether (sulfide) groups is 1. The van der Waals surface area contributed by atoms with Crippen molar-refractivity contribution in [3.05, 3.63) is 81.9 Å². The van der Waals surface area contributed by atoms with Gasteiger partial charge in [-0.2, -0.15) is 13.0 Å². The van der Waals surface area contributed by atoms with E-state index in [-0.39, 0.29) is 5.41 Å². The lowest BCUT2D eigenvalue weighted by Crippen LogP contribution is -2.39. The maximum atomic E-state index is 11.8. The summed E-state index contributed by atoms with van der Waals surface area (Å²) in [5.41, 5.74) is 4.57. The van der Waals surface area contributed by atoms with Crippen LogP contribution in [-0.4, -0.2) is 19.5 Å². The van der Waals surface area contributed by atoms with Gasteiger partial charge in [0, 0.05) is 23.6 Å². The molecular formula is C27H29N2O3S3+. The summed E-state index contributed by atoms with van der Waals surface area (Å²) in [6, 6.07) is 16.2. The average Bonchev–Trinajstić information content (AvgIpc) is 3.28. The van der Waals surface area contributed by atoms with Crippen molar-refractivity contribution in [3.8, 4) is 0 Å². The number of para-hydroxylation sites is 2. The van der Waals surface area contributed by atoms with Gasteiger partial charge in [0.15, 0.2) is 0 Å². The van der Waals surface area contributed by atoms with Crippen LogP contribution in [0.25, 0.3) is 16.3 Å². The molecule has 0 atom stereocenters. The highest BCUT2D eigenvalue weighted by Crippen LogP contribution is 2.47. The van der Waals surface area contributed by atoms with Gasteiger partial charge in [-0.05, 0) is 60.6 Å². The van der Waals surface area contributed by atoms with E-state index in [0.717, 1.165) is 40.2 Å². The standard InChI is InChI=1S/C27H28N2O3S3/c1-4-28-21-9-5-7-11-23(21)33-25(28)14-19-13-20(17-27(2,3)16-19)15-26-29(18-35(30,31)32)22-10-6-8-12-24(22)34-26/h5-15H,4,16-18H2,1-3H3/p+1. The van der Waals surface area contributed by atoms with E-state index in [1.54, 1.807) is 15.9 Å². The van der Waals surface area contributed by atoms with E-state index in [1.807, 2.05) is 36.0 Å². The van der Waals surface area contributed by atoms with Crippen LogP contribution in [0.5, 0.6) is 0 Å². The summed E-state index contributed by atoms with van der Waals surface area (Å²) >= 11 is 3.35. The SMILES string of the molecule is CCN1C(=CC2=CC(=Cc3sc4ccccc4[n+]3CS(=O)(=O)O)CC(C)(C)C2)Sc2ccccc21. The normalized spacial score (nSPS) is 20.0. The Morgan fingerprint density at radius 1 is 1.09 bits per heavy atom. The van der Waals surface area contributed by atoms with Crippen molar-refractivity contribution in [2.45, 2.75) is 44.4 Å². The molecule has 35 heavy (non-hydrogen) atoms. The zero-order chi connectivity index (χ0) is 24.8. The minimum Gasteiger partial charge on any atom is -0.335 e. The van der Waals surface area contributed by atoms with Crippen LogP contribution in [0.4, 0.5) is 5.69 Å². The van der Waals surface area contributed by atoms with Crippen molar-refractivity contribution >= 4 is 55.2 Å². The number of hydrogen-bond donors (Lipinski definition) is 1. The second-order valence-corrected chi connectivity index (χ2v) is 13.3. The molecule has 0 spiro atoms. The molecule has 0 fully saturated rings. The Labute approximate surface area is 215 Å². The highest BCUT2D eigenvalue weighted by atomic mass is 32.2. The van der Waals surface area contributed by atoms with Crippen LogP contribution < -0.4 is 9.47 Å². The summed E-state index contributed by atoms with van der Waals surface area (Å²) < 4.78 is 35.8. The number of hydrogen-bond acceptors (Lipinski definition) is 5. The third-order valence-electron chi connectivity index (χ3n) is 6.24. The van der Waals surface area contributed by atoms with Crippen LogP contribution in [0.2, 0.25) is 0 Å². The zero-order valence-electron chi connectivity index (χ0n) is 20.1. The second-order valence-electron chi connectivity index (χ2n) is 9.80. The minimum absolute atomic E-state index is 0.0741. The number of fused-ring (bicyclic) bond motifs is 2. The van der Waals surface area contributed by atoms with Gasteiger partial charge in [0.05, 0.1) is 10.7 Å². The van der Waals surface area contributed by atoms with E-state index in [2.05, 4.69) is 68.2 Å². The molecule has 3 aromatic rings. The first-order valence-corrected chi connectivity index (χ1v) is 14.9. The lowest BCUT2D eigenvalue weighted by molar-refractivity contribution is -0.649. The van der Waals surface area contributed by atoms with Gasteiger partial charge in [-0.1, -0.05) is 67.3 Å². The average molecular weight is 526 g/mol. The molecule has 0 radical (unpaired) electrons. The van der Waals surface area contributed by atoms with Gasteiger partial charge >= 0.3 is 10.1 Å². The Bertz CT molecular complexity index is 1500. The van der Waals surface area contributed by atoms with E-state index in [9.17, 15) is 13.0 Å². The molecule has 8 heteroatoms. The highest BCUT2D eigenvalue weighted by molar-refractivity contribution is 8.03. The van der Waals surface area contributed by atoms with E-state index in [0.29, 0.717) is 0 Å². The van der Waals surface area contributed by atoms with E-state index in [1.165, 1.54) is 21.2 Å². The number of nitrogens with zero attached hydrogens (tertiary/aromatic N) is 2. The summed E-state index contributed by atoms with van der Waals surface area (Å²) in [5.74, 6) is -0.458. The fourth-order valence-electron chi connectivity index (χ4n) is 4.95. The van der Waals surface area contributed by atoms with Gasteiger partial charge in [0.2, 0.25) is 5.52 Å². The molecule has 5 rings (SSSR count). The topological polar surface area (TPSA) is 61.5 Å². The first kappa shape index (κ1) is 24.3. The van der Waals surface area contributed by atoms with Crippen LogP contribution in [0.15, 0.2) is 81.8 Å². The van der Waals surface area contributed by atoms with Crippen molar-refractivity contribution in [2.75, 3.05) is 11.4 Å². The molecule has 2 heterocycles. The maximum absolute atomic E-state index is 11.8. The molecule has 0 unspecified atom stereocenters. The molecule has 2 aromatic carbocycles. The summed E-state index contributed by atoms with van der Waals surface area (Å²) in [6.45, 7) is 7.64. The van der Waals surface area contributed by atoms with Crippen LogP contribution in [0, 0.1) is 5.41 Å². The second kappa shape index (κ2) is 9.24. The van der Waals surface area contributed by atoms with Crippen LogP contribution in [0.1, 0.15) is 38.6 Å². The lowest BCUT2D eigenvalue weighted by Gasteiger charge is -2.31. The molecule has 1 aromatic heterocycles. The largest absolute Gasteiger partial charge is 0.335 e. The minimum atomic E-state index is -4.18. The maximum Gasteiger partial charge on any atom is 0.326 e. The number of aromatic nitrogens is 1. The van der Waals surface area contributed by atoms with Crippen LogP contribution in [-0.2, 0) is 16.0 Å². The van der Waals surface area contributed by atoms with Crippen molar-refractivity contribution in [1.82, 2.24) is 0 Å². The first-order chi connectivity index (χ1) is 16.6. The van der Waals surface area contributed by atoms with Crippen molar-refractivity contribution < 1.29 is 17.5 Å². The molecule has 182 valence electrons. The number of benzene rings is 2. The van der Waals surface area contributed by atoms with Crippen molar-refractivity contribution in [1.29, 1.82) is 0 Å². The molecule has 1 aliphatic heterocycles. The Morgan fingerprint density at radius 3 is 2.60 bits per heavy atom. The fourth-order valence-corrected chi connectivity index (χ4v) is 7.98. The molecule has 0 saturated carbocycles. The molecule has 0 amide bonds. The number of rotatable bonds is 5. The first-order valence-electron chi connectivity index (χ1n) is 11.7. The molecule has 5 nitrogen and oxygen atoms in total. The Hall–Kier alpha value is -2.39. The molecule has 0 saturated heterocycles. The van der Waals surface area contributed by atoms with E-state index < -0.39 is 16.0 Å². The summed E-state index contributed by atoms with van der Waals surface area (Å²) in [5, 5.41) is 2.05. The number of thiazole rings is 1. The molecule has 2 aliphatic rings. The van der Waals surface area contributed by atoms with Gasteiger partial charge < -0.3 is 4.90 Å². The predicted molar refractivity (Wildman–Crippen MR) is 146 cm³/mol. The molecule has 1 aliphatic carbocycles. The third-order valence-corrected chi connectivity index (χ3v) is 9.05. The van der Waals surface area contributed by atoms with Gasteiger partial charge in [-0.15, -0.1) is 0 Å². The van der Waals surface area contributed by atoms with Crippen molar-refractivity contribution in [3.63, 3.8) is 0 Å². The Morgan fingerprint density at radius 2 is 1.83 bits per heavy atom. The smallest absolute Gasteiger partial charge is 0.326 e. The van der Waals surface area contributed by atoms with Crippen LogP contribution in [0.3, 0.4) is 0 Å². The Balaban J connectivity index is 1.56. The van der Waals surface area contributed by atoms with Crippen LogP contribution >= 0.6 is 23.1 Å². The van der Waals surface area contributed by atoms with E-state index in [4.69, 9.17) is 0 Å². The highest BCUT2D eigenvalue weighted by Gasteiger charge is 2.30. The monoisotopic (exact) mass is 525 g/mol. The number of allylic oxidation sites excluding steroid dienone is 4. The Kier molecular flexibility index (Phi) is 6.42. The summed E-state index contributed by atoms with van der Waals surface area (Å²) in [6.07, 6.45) is 8.51. The van der Waals surface area contributed by atoms with E-state index >= 15 is 0 Å². The predicted octanol–water partition coefficient (Wildman–Crippen LogP) is 6.64. The van der Waals surface area contributed by atoms with Crippen molar-refractivity contribution in [2.24, 2.45) is 5.41 Å². The quantitative estimate of drug-likeness (QED) is 0.299. The fraction of sp³-hybridized carbons (Fsp3) is 0.296. The van der Waals surface area contributed by atoms with Gasteiger partial charge in [-0.25, -0.2) is 0 Å². The summed E-state index contributed by atoms with van der Waals surface area (Å²) in [4.78, 5) is 3.64. The summed E-state index contributed by atoms with van der Waals surface area (Å²) in [7, 11) is -4.18. The van der Waals surface area contributed by atoms with Gasteiger partial charge in [0.25, 0.3) is 10.9 Å². The molecule has 1 N–H and O–H groups in total. The molecule has 0 bridgehead atoms. The number of anilines is 1. The third kappa shape index (κ3) is 5.26. The zero-order valence-corrected chi connectivity index (χ0v) is 22.5. The van der Waals surface area contributed by atoms with Gasteiger partial charge in [0.1, 0.15) is 4.70 Å².